The Morgan fingerprint density at radius 2 is 1.74 bits per heavy atom. The predicted molar refractivity (Wildman–Crippen MR) is 121 cm³/mol. The summed E-state index contributed by atoms with van der Waals surface area (Å²) in [6.07, 6.45) is 1.71. The highest BCUT2D eigenvalue weighted by atomic mass is 35.5. The number of para-hydroxylation sites is 1. The number of hydrogen-bond acceptors (Lipinski definition) is 5. The van der Waals surface area contributed by atoms with Crippen molar-refractivity contribution in [2.24, 2.45) is 0 Å². The molecule has 0 heterocycles. The zero-order valence-corrected chi connectivity index (χ0v) is 18.0. The number of allylic oxidation sites excluding steroid dienone is 1. The van der Waals surface area contributed by atoms with Gasteiger partial charge in [-0.3, -0.25) is 0 Å². The fourth-order valence-corrected chi connectivity index (χ4v) is 3.00. The first-order chi connectivity index (χ1) is 15.0. The number of benzene rings is 3. The Kier molecular flexibility index (Phi) is 7.55. The number of ether oxygens (including phenoxy) is 3. The van der Waals surface area contributed by atoms with Crippen LogP contribution in [0.1, 0.15) is 11.1 Å². The lowest BCUT2D eigenvalue weighted by atomic mass is 10.0. The lowest BCUT2D eigenvalue weighted by molar-refractivity contribution is -0.136. The Morgan fingerprint density at radius 3 is 2.42 bits per heavy atom. The molecule has 3 aromatic carbocycles. The van der Waals surface area contributed by atoms with Gasteiger partial charge in [0.05, 0.1) is 23.8 Å². The minimum absolute atomic E-state index is 0.234. The molecule has 0 spiro atoms. The predicted octanol–water partition coefficient (Wildman–Crippen LogP) is 6.05. The van der Waals surface area contributed by atoms with E-state index in [2.05, 4.69) is 6.07 Å². The van der Waals surface area contributed by atoms with Gasteiger partial charge in [0.25, 0.3) is 0 Å². The third-order valence-electron chi connectivity index (χ3n) is 4.18. The molecule has 0 saturated carbocycles. The second-order valence-electron chi connectivity index (χ2n) is 6.28. The van der Waals surface area contributed by atoms with Crippen LogP contribution in [-0.2, 0) is 4.79 Å². The van der Waals surface area contributed by atoms with Gasteiger partial charge in [-0.1, -0.05) is 53.5 Å². The summed E-state index contributed by atoms with van der Waals surface area (Å²) in [5, 5.41) is 10.5. The largest absolute Gasteiger partial charge is 0.493 e. The van der Waals surface area contributed by atoms with Gasteiger partial charge in [-0.15, -0.1) is 0 Å². The van der Waals surface area contributed by atoms with Crippen LogP contribution in [0.2, 0.25) is 10.0 Å². The van der Waals surface area contributed by atoms with Crippen molar-refractivity contribution >= 4 is 40.8 Å². The Balaban J connectivity index is 1.73. The highest BCUT2D eigenvalue weighted by molar-refractivity contribution is 6.32. The summed E-state index contributed by atoms with van der Waals surface area (Å²) in [7, 11) is 1.46. The van der Waals surface area contributed by atoms with Crippen molar-refractivity contribution in [2.45, 2.75) is 0 Å². The first-order valence-electron chi connectivity index (χ1n) is 9.14. The van der Waals surface area contributed by atoms with Gasteiger partial charge >= 0.3 is 5.97 Å². The van der Waals surface area contributed by atoms with Crippen molar-refractivity contribution in [3.63, 3.8) is 0 Å². The number of esters is 1. The fraction of sp³-hybridized carbons (Fsp3) is 0.0833. The summed E-state index contributed by atoms with van der Waals surface area (Å²) >= 11 is 11.9. The normalized spacial score (nSPS) is 10.8. The van der Waals surface area contributed by atoms with Gasteiger partial charge in [0, 0.05) is 5.02 Å². The average Bonchev–Trinajstić information content (AvgIpc) is 2.78. The van der Waals surface area contributed by atoms with E-state index in [1.807, 2.05) is 0 Å². The molecule has 0 aromatic heterocycles. The molecular formula is C24H17Cl2NO4. The van der Waals surface area contributed by atoms with Crippen molar-refractivity contribution in [3.05, 3.63) is 87.9 Å². The van der Waals surface area contributed by atoms with E-state index >= 15 is 0 Å². The van der Waals surface area contributed by atoms with E-state index < -0.39 is 5.97 Å². The van der Waals surface area contributed by atoms with Crippen molar-refractivity contribution in [1.82, 2.24) is 0 Å². The van der Waals surface area contributed by atoms with Gasteiger partial charge in [0.15, 0.2) is 18.1 Å². The van der Waals surface area contributed by atoms with Crippen molar-refractivity contribution in [3.8, 4) is 23.3 Å². The first-order valence-corrected chi connectivity index (χ1v) is 9.89. The molecule has 0 bridgehead atoms. The summed E-state index contributed by atoms with van der Waals surface area (Å²) in [6.45, 7) is -0.316. The zero-order chi connectivity index (χ0) is 22.2. The number of methoxy groups -OCH3 is 1. The number of halogens is 2. The molecule has 0 aliphatic heterocycles. The molecule has 3 rings (SSSR count). The van der Waals surface area contributed by atoms with E-state index in [4.69, 9.17) is 37.4 Å². The molecule has 0 radical (unpaired) electrons. The second kappa shape index (κ2) is 10.5. The van der Waals surface area contributed by atoms with Gasteiger partial charge in [-0.25, -0.2) is 4.79 Å². The number of carbonyl (C=O) groups excluding carboxylic acids is 1. The zero-order valence-electron chi connectivity index (χ0n) is 16.5. The minimum Gasteiger partial charge on any atom is -0.493 e. The van der Waals surface area contributed by atoms with Crippen LogP contribution in [-0.4, -0.2) is 19.7 Å². The van der Waals surface area contributed by atoms with Crippen LogP contribution < -0.4 is 14.2 Å². The number of nitrogens with zero attached hydrogens (tertiary/aromatic N) is 1. The molecule has 0 aliphatic rings. The average molecular weight is 454 g/mol. The summed E-state index contributed by atoms with van der Waals surface area (Å²) < 4.78 is 16.1. The molecule has 0 aliphatic carbocycles. The van der Waals surface area contributed by atoms with Crippen LogP contribution in [0.25, 0.3) is 11.6 Å². The molecule has 0 saturated heterocycles. The van der Waals surface area contributed by atoms with E-state index in [0.717, 1.165) is 5.56 Å². The minimum atomic E-state index is -0.611. The number of nitriles is 1. The van der Waals surface area contributed by atoms with E-state index in [0.29, 0.717) is 32.7 Å². The topological polar surface area (TPSA) is 68.5 Å². The molecule has 0 amide bonds. The highest BCUT2D eigenvalue weighted by Crippen LogP contribution is 2.30. The lowest BCUT2D eigenvalue weighted by Gasteiger charge is -2.11. The van der Waals surface area contributed by atoms with Crippen LogP contribution in [0.4, 0.5) is 0 Å². The molecule has 156 valence electrons. The van der Waals surface area contributed by atoms with E-state index in [1.165, 1.54) is 7.11 Å². The summed E-state index contributed by atoms with van der Waals surface area (Å²) in [5.41, 5.74) is 1.89. The van der Waals surface area contributed by atoms with Crippen molar-refractivity contribution in [1.29, 1.82) is 5.26 Å². The van der Waals surface area contributed by atoms with Gasteiger partial charge in [0.1, 0.15) is 5.75 Å². The van der Waals surface area contributed by atoms with E-state index in [1.54, 1.807) is 72.8 Å². The maximum Gasteiger partial charge on any atom is 0.349 e. The van der Waals surface area contributed by atoms with Crippen LogP contribution in [0.5, 0.6) is 17.2 Å². The van der Waals surface area contributed by atoms with Crippen LogP contribution in [0, 0.1) is 11.3 Å². The summed E-state index contributed by atoms with van der Waals surface area (Å²) in [5.74, 6) is 0.353. The molecule has 0 unspecified atom stereocenters. The molecule has 7 heteroatoms. The highest BCUT2D eigenvalue weighted by Gasteiger charge is 2.13. The second-order valence-corrected chi connectivity index (χ2v) is 7.12. The Bertz CT molecular complexity index is 1150. The standard InChI is InChI=1S/C24H17Cl2NO4/c1-29-23-13-16(12-18(14-27)17-7-9-19(25)10-8-17)6-11-22(23)31-24(28)15-30-21-5-3-2-4-20(21)26/h2-13H,15H2,1H3/b18-12-. The molecule has 0 fully saturated rings. The maximum absolute atomic E-state index is 12.2. The number of hydrogen-bond donors (Lipinski definition) is 0. The van der Waals surface area contributed by atoms with Gasteiger partial charge in [0.2, 0.25) is 0 Å². The fourth-order valence-electron chi connectivity index (χ4n) is 2.69. The van der Waals surface area contributed by atoms with Crippen molar-refractivity contribution in [2.75, 3.05) is 13.7 Å². The molecule has 31 heavy (non-hydrogen) atoms. The SMILES string of the molecule is COc1cc(/C=C(/C#N)c2ccc(Cl)cc2)ccc1OC(=O)COc1ccccc1Cl. The van der Waals surface area contributed by atoms with Crippen LogP contribution >= 0.6 is 23.2 Å². The molecule has 0 N–H and O–H groups in total. The molecule has 5 nitrogen and oxygen atoms in total. The molecular weight excluding hydrogens is 437 g/mol. The van der Waals surface area contributed by atoms with Gasteiger partial charge in [-0.05, 0) is 53.6 Å². The van der Waals surface area contributed by atoms with Crippen LogP contribution in [0.3, 0.4) is 0 Å². The van der Waals surface area contributed by atoms with Gasteiger partial charge < -0.3 is 14.2 Å². The quantitative estimate of drug-likeness (QED) is 0.188. The van der Waals surface area contributed by atoms with Crippen molar-refractivity contribution < 1.29 is 19.0 Å². The number of rotatable bonds is 7. The maximum atomic E-state index is 12.2. The Hall–Kier alpha value is -3.46. The van der Waals surface area contributed by atoms with Gasteiger partial charge in [-0.2, -0.15) is 5.26 Å². The monoisotopic (exact) mass is 453 g/mol. The third-order valence-corrected chi connectivity index (χ3v) is 4.74. The molecule has 3 aromatic rings. The Morgan fingerprint density at radius 1 is 1.00 bits per heavy atom. The third kappa shape index (κ3) is 6.02. The van der Waals surface area contributed by atoms with Crippen LogP contribution in [0.15, 0.2) is 66.7 Å². The summed E-state index contributed by atoms with van der Waals surface area (Å²) in [4.78, 5) is 12.2. The van der Waals surface area contributed by atoms with E-state index in [9.17, 15) is 10.1 Å². The Labute approximate surface area is 190 Å². The lowest BCUT2D eigenvalue weighted by Crippen LogP contribution is -2.18. The number of carbonyl (C=O) groups is 1. The molecule has 0 atom stereocenters. The summed E-state index contributed by atoms with van der Waals surface area (Å²) in [6, 6.07) is 21.0. The smallest absolute Gasteiger partial charge is 0.349 e. The first kappa shape index (κ1) is 22.2. The van der Waals surface area contributed by atoms with E-state index in [-0.39, 0.29) is 12.4 Å².